The van der Waals surface area contributed by atoms with Crippen LogP contribution < -0.4 is 5.32 Å². The fraction of sp³-hybridized carbons (Fsp3) is 0.364. The van der Waals surface area contributed by atoms with Crippen LogP contribution in [0.2, 0.25) is 0 Å². The number of nitrogens with one attached hydrogen (secondary N) is 2. The predicted octanol–water partition coefficient (Wildman–Crippen LogP) is 2.63. The molecule has 2 aromatic rings. The molecule has 2 N–H and O–H groups in total. The highest BCUT2D eigenvalue weighted by molar-refractivity contribution is 7.09. The van der Waals surface area contributed by atoms with Crippen LogP contribution in [0.25, 0.3) is 0 Å². The van der Waals surface area contributed by atoms with Crippen LogP contribution in [-0.4, -0.2) is 9.97 Å². The van der Waals surface area contributed by atoms with E-state index < -0.39 is 0 Å². The first-order chi connectivity index (χ1) is 7.25. The zero-order valence-corrected chi connectivity index (χ0v) is 9.77. The Kier molecular flexibility index (Phi) is 3.18. The molecule has 0 aliphatic rings. The molecule has 1 unspecified atom stereocenters. The van der Waals surface area contributed by atoms with Crippen molar-refractivity contribution < 1.29 is 0 Å². The molecule has 0 aliphatic carbocycles. The Morgan fingerprint density at radius 2 is 2.47 bits per heavy atom. The summed E-state index contributed by atoms with van der Waals surface area (Å²) in [6.45, 7) is 5.05. The Morgan fingerprint density at radius 3 is 3.07 bits per heavy atom. The van der Waals surface area contributed by atoms with Gasteiger partial charge >= 0.3 is 0 Å². The molecule has 2 aromatic heterocycles. The average Bonchev–Trinajstić information content (AvgIpc) is 2.84. The van der Waals surface area contributed by atoms with Crippen molar-refractivity contribution in [2.24, 2.45) is 0 Å². The quantitative estimate of drug-likeness (QED) is 0.833. The van der Waals surface area contributed by atoms with Gasteiger partial charge < -0.3 is 10.3 Å². The highest BCUT2D eigenvalue weighted by Gasteiger charge is 2.07. The normalized spacial score (nSPS) is 12.9. The fourth-order valence-corrected chi connectivity index (χ4v) is 2.13. The molecule has 0 fully saturated rings. The lowest BCUT2D eigenvalue weighted by molar-refractivity contribution is 0.563. The molecular weight excluding hydrogens is 206 g/mol. The van der Waals surface area contributed by atoms with Crippen LogP contribution in [0.4, 0.5) is 0 Å². The molecule has 0 aliphatic heterocycles. The van der Waals surface area contributed by atoms with E-state index >= 15 is 0 Å². The molecule has 0 radical (unpaired) electrons. The van der Waals surface area contributed by atoms with Crippen LogP contribution in [0.3, 0.4) is 0 Å². The molecule has 1 atom stereocenters. The molecule has 15 heavy (non-hydrogen) atoms. The van der Waals surface area contributed by atoms with Crippen LogP contribution in [-0.2, 0) is 6.54 Å². The number of hydrogen-bond donors (Lipinski definition) is 2. The van der Waals surface area contributed by atoms with Gasteiger partial charge in [0.05, 0.1) is 10.7 Å². The van der Waals surface area contributed by atoms with E-state index in [1.165, 1.54) is 5.56 Å². The lowest BCUT2D eigenvalue weighted by Crippen LogP contribution is -2.18. The second kappa shape index (κ2) is 4.59. The Morgan fingerprint density at radius 1 is 1.60 bits per heavy atom. The molecule has 2 heterocycles. The van der Waals surface area contributed by atoms with Crippen LogP contribution in [0.1, 0.15) is 29.2 Å². The second-order valence-electron chi connectivity index (χ2n) is 3.61. The van der Waals surface area contributed by atoms with E-state index in [-0.39, 0.29) is 0 Å². The smallest absolute Gasteiger partial charge is 0.0898 e. The van der Waals surface area contributed by atoms with E-state index in [1.807, 2.05) is 19.3 Å². The number of aromatic nitrogens is 2. The van der Waals surface area contributed by atoms with E-state index in [9.17, 15) is 0 Å². The number of thiazole rings is 1. The minimum Gasteiger partial charge on any atom is -0.367 e. The maximum atomic E-state index is 4.46. The van der Waals surface area contributed by atoms with Crippen molar-refractivity contribution in [1.29, 1.82) is 0 Å². The van der Waals surface area contributed by atoms with E-state index in [4.69, 9.17) is 0 Å². The number of aryl methyl sites for hydroxylation is 1. The molecule has 80 valence electrons. The van der Waals surface area contributed by atoms with Crippen molar-refractivity contribution in [3.05, 3.63) is 40.1 Å². The summed E-state index contributed by atoms with van der Waals surface area (Å²) >= 11 is 1.70. The van der Waals surface area contributed by atoms with Crippen LogP contribution in [0.15, 0.2) is 23.8 Å². The molecule has 3 nitrogen and oxygen atoms in total. The second-order valence-corrected chi connectivity index (χ2v) is 4.68. The molecular formula is C11H15N3S. The highest BCUT2D eigenvalue weighted by Crippen LogP contribution is 2.15. The largest absolute Gasteiger partial charge is 0.367 e. The summed E-state index contributed by atoms with van der Waals surface area (Å²) in [5.74, 6) is 0. The van der Waals surface area contributed by atoms with Crippen molar-refractivity contribution in [2.45, 2.75) is 26.4 Å². The molecule has 0 aromatic carbocycles. The summed E-state index contributed by atoms with van der Waals surface area (Å²) in [5.41, 5.74) is 2.40. The third kappa shape index (κ3) is 2.67. The van der Waals surface area contributed by atoms with Gasteiger partial charge in [0.1, 0.15) is 0 Å². The standard InChI is InChI=1S/C11H15N3S/c1-8(11-7-15-9(2)14-11)13-6-10-3-4-12-5-10/h3-5,7-8,12-13H,6H2,1-2H3. The van der Waals surface area contributed by atoms with Crippen LogP contribution in [0.5, 0.6) is 0 Å². The van der Waals surface area contributed by atoms with Gasteiger partial charge in [-0.3, -0.25) is 0 Å². The van der Waals surface area contributed by atoms with E-state index in [0.717, 1.165) is 17.2 Å². The van der Waals surface area contributed by atoms with Crippen LogP contribution in [0, 0.1) is 6.92 Å². The van der Waals surface area contributed by atoms with Crippen molar-refractivity contribution in [1.82, 2.24) is 15.3 Å². The zero-order valence-electron chi connectivity index (χ0n) is 8.95. The van der Waals surface area contributed by atoms with Crippen molar-refractivity contribution in [3.63, 3.8) is 0 Å². The van der Waals surface area contributed by atoms with Gasteiger partial charge in [-0.2, -0.15) is 0 Å². The molecule has 0 spiro atoms. The summed E-state index contributed by atoms with van der Waals surface area (Å²) in [4.78, 5) is 7.50. The SMILES string of the molecule is Cc1nc(C(C)NCc2cc[nH]c2)cs1. The maximum Gasteiger partial charge on any atom is 0.0898 e. The first-order valence-corrected chi connectivity index (χ1v) is 5.91. The average molecular weight is 221 g/mol. The molecule has 2 rings (SSSR count). The Hall–Kier alpha value is -1.13. The van der Waals surface area contributed by atoms with Crippen molar-refractivity contribution >= 4 is 11.3 Å². The summed E-state index contributed by atoms with van der Waals surface area (Å²) in [6.07, 6.45) is 3.95. The minimum absolute atomic E-state index is 0.310. The molecule has 0 saturated heterocycles. The zero-order chi connectivity index (χ0) is 10.7. The minimum atomic E-state index is 0.310. The van der Waals surface area contributed by atoms with Gasteiger partial charge in [0, 0.05) is 30.4 Å². The first kappa shape index (κ1) is 10.4. The van der Waals surface area contributed by atoms with Gasteiger partial charge in [0.15, 0.2) is 0 Å². The maximum absolute atomic E-state index is 4.46. The third-order valence-electron chi connectivity index (χ3n) is 2.36. The van der Waals surface area contributed by atoms with E-state index in [0.29, 0.717) is 6.04 Å². The van der Waals surface area contributed by atoms with E-state index in [1.54, 1.807) is 11.3 Å². The predicted molar refractivity (Wildman–Crippen MR) is 62.9 cm³/mol. The van der Waals surface area contributed by atoms with Crippen molar-refractivity contribution in [3.8, 4) is 0 Å². The van der Waals surface area contributed by atoms with Gasteiger partial charge in [-0.05, 0) is 25.5 Å². The number of nitrogens with zero attached hydrogens (tertiary/aromatic N) is 1. The number of hydrogen-bond acceptors (Lipinski definition) is 3. The Bertz CT molecular complexity index is 405. The molecule has 0 saturated carbocycles. The van der Waals surface area contributed by atoms with Crippen LogP contribution >= 0.6 is 11.3 Å². The number of H-pyrrole nitrogens is 1. The van der Waals surface area contributed by atoms with Gasteiger partial charge in [-0.15, -0.1) is 11.3 Å². The third-order valence-corrected chi connectivity index (χ3v) is 3.15. The number of aromatic amines is 1. The van der Waals surface area contributed by atoms with Gasteiger partial charge in [-0.25, -0.2) is 4.98 Å². The Balaban J connectivity index is 1.90. The monoisotopic (exact) mass is 221 g/mol. The molecule has 4 heteroatoms. The summed E-state index contributed by atoms with van der Waals surface area (Å²) in [5, 5.41) is 6.68. The lowest BCUT2D eigenvalue weighted by atomic mass is 10.2. The first-order valence-electron chi connectivity index (χ1n) is 5.03. The Labute approximate surface area is 93.6 Å². The summed E-state index contributed by atoms with van der Waals surface area (Å²) < 4.78 is 0. The highest BCUT2D eigenvalue weighted by atomic mass is 32.1. The number of rotatable bonds is 4. The van der Waals surface area contributed by atoms with Crippen molar-refractivity contribution in [2.75, 3.05) is 0 Å². The molecule has 0 bridgehead atoms. The molecule has 0 amide bonds. The van der Waals surface area contributed by atoms with Gasteiger partial charge in [0.25, 0.3) is 0 Å². The van der Waals surface area contributed by atoms with E-state index in [2.05, 4.69) is 33.7 Å². The topological polar surface area (TPSA) is 40.7 Å². The lowest BCUT2D eigenvalue weighted by Gasteiger charge is -2.10. The summed E-state index contributed by atoms with van der Waals surface area (Å²) in [6, 6.07) is 2.39. The van der Waals surface area contributed by atoms with Gasteiger partial charge in [0.2, 0.25) is 0 Å². The fourth-order valence-electron chi connectivity index (χ4n) is 1.42. The van der Waals surface area contributed by atoms with Gasteiger partial charge in [-0.1, -0.05) is 0 Å². The summed E-state index contributed by atoms with van der Waals surface area (Å²) in [7, 11) is 0.